The van der Waals surface area contributed by atoms with E-state index in [-0.39, 0.29) is 5.60 Å². The molecule has 1 unspecified atom stereocenters. The van der Waals surface area contributed by atoms with Crippen LogP contribution in [0.25, 0.3) is 0 Å². The SMILES string of the molecule is COC1(C)CCCN(c2cc(C#N)cc(Cl)n2)C1. The predicted molar refractivity (Wildman–Crippen MR) is 70.8 cm³/mol. The standard InChI is InChI=1S/C13H16ClN3O/c1-13(18-2)4-3-5-17(9-13)12-7-10(8-15)6-11(14)16-12/h6-7H,3-5,9H2,1-2H3. The molecule has 1 atom stereocenters. The van der Waals surface area contributed by atoms with Crippen molar-refractivity contribution in [3.05, 3.63) is 22.8 Å². The molecule has 2 rings (SSSR count). The number of ether oxygens (including phenoxy) is 1. The number of nitriles is 1. The van der Waals surface area contributed by atoms with Crippen LogP contribution in [-0.4, -0.2) is 30.8 Å². The summed E-state index contributed by atoms with van der Waals surface area (Å²) < 4.78 is 5.55. The zero-order valence-corrected chi connectivity index (χ0v) is 11.4. The average Bonchev–Trinajstić information content (AvgIpc) is 2.38. The molecule has 0 N–H and O–H groups in total. The minimum absolute atomic E-state index is 0.158. The quantitative estimate of drug-likeness (QED) is 0.772. The van der Waals surface area contributed by atoms with Gasteiger partial charge in [-0.2, -0.15) is 5.26 Å². The summed E-state index contributed by atoms with van der Waals surface area (Å²) in [6, 6.07) is 5.44. The van der Waals surface area contributed by atoms with E-state index < -0.39 is 0 Å². The molecule has 0 saturated carbocycles. The third kappa shape index (κ3) is 2.74. The highest BCUT2D eigenvalue weighted by molar-refractivity contribution is 6.29. The second kappa shape index (κ2) is 5.13. The second-order valence-corrected chi connectivity index (χ2v) is 5.21. The number of rotatable bonds is 2. The summed E-state index contributed by atoms with van der Waals surface area (Å²) in [5, 5.41) is 9.31. The van der Waals surface area contributed by atoms with E-state index in [0.29, 0.717) is 10.7 Å². The van der Waals surface area contributed by atoms with Crippen molar-refractivity contribution in [2.45, 2.75) is 25.4 Å². The monoisotopic (exact) mass is 265 g/mol. The van der Waals surface area contributed by atoms with Crippen LogP contribution < -0.4 is 4.90 Å². The molecule has 18 heavy (non-hydrogen) atoms. The molecule has 0 bridgehead atoms. The van der Waals surface area contributed by atoms with E-state index in [1.807, 2.05) is 0 Å². The summed E-state index contributed by atoms with van der Waals surface area (Å²) in [6.07, 6.45) is 2.08. The van der Waals surface area contributed by atoms with E-state index in [1.54, 1.807) is 19.2 Å². The van der Waals surface area contributed by atoms with Gasteiger partial charge in [-0.15, -0.1) is 0 Å². The van der Waals surface area contributed by atoms with E-state index in [1.165, 1.54) is 0 Å². The molecule has 0 aliphatic carbocycles. The van der Waals surface area contributed by atoms with Gasteiger partial charge in [-0.25, -0.2) is 4.98 Å². The summed E-state index contributed by atoms with van der Waals surface area (Å²) in [5.41, 5.74) is 0.379. The average molecular weight is 266 g/mol. The maximum atomic E-state index is 8.95. The number of anilines is 1. The Hall–Kier alpha value is -1.31. The maximum absolute atomic E-state index is 8.95. The van der Waals surface area contributed by atoms with Crippen LogP contribution in [0.15, 0.2) is 12.1 Å². The molecule has 96 valence electrons. The molecule has 1 aliphatic rings. The third-order valence-electron chi connectivity index (χ3n) is 3.39. The van der Waals surface area contributed by atoms with E-state index in [2.05, 4.69) is 22.9 Å². The Labute approximate surface area is 112 Å². The Balaban J connectivity index is 2.26. The number of hydrogen-bond acceptors (Lipinski definition) is 4. The predicted octanol–water partition coefficient (Wildman–Crippen LogP) is 2.61. The normalized spacial score (nSPS) is 23.8. The van der Waals surface area contributed by atoms with Gasteiger partial charge in [0.15, 0.2) is 0 Å². The van der Waals surface area contributed by atoms with Crippen LogP contribution in [-0.2, 0) is 4.74 Å². The van der Waals surface area contributed by atoms with Crippen LogP contribution in [0.2, 0.25) is 5.15 Å². The highest BCUT2D eigenvalue weighted by Gasteiger charge is 2.31. The van der Waals surface area contributed by atoms with Crippen LogP contribution in [0.1, 0.15) is 25.3 Å². The summed E-state index contributed by atoms with van der Waals surface area (Å²) in [7, 11) is 1.73. The molecule has 1 fully saturated rings. The number of halogens is 1. The first-order chi connectivity index (χ1) is 8.56. The van der Waals surface area contributed by atoms with Crippen molar-refractivity contribution in [3.8, 4) is 6.07 Å². The van der Waals surface area contributed by atoms with Gasteiger partial charge in [-0.3, -0.25) is 0 Å². The lowest BCUT2D eigenvalue weighted by molar-refractivity contribution is -0.00481. The number of pyridine rings is 1. The fourth-order valence-corrected chi connectivity index (χ4v) is 2.48. The molecule has 2 heterocycles. The lowest BCUT2D eigenvalue weighted by atomic mass is 9.95. The first kappa shape index (κ1) is 13.1. The first-order valence-electron chi connectivity index (χ1n) is 5.94. The number of methoxy groups -OCH3 is 1. The van der Waals surface area contributed by atoms with Gasteiger partial charge < -0.3 is 9.64 Å². The molecule has 1 aromatic rings. The molecule has 0 amide bonds. The lowest BCUT2D eigenvalue weighted by Crippen LogP contribution is -2.47. The fourth-order valence-electron chi connectivity index (χ4n) is 2.28. The van der Waals surface area contributed by atoms with E-state index >= 15 is 0 Å². The lowest BCUT2D eigenvalue weighted by Gasteiger charge is -2.40. The van der Waals surface area contributed by atoms with Crippen LogP contribution in [0, 0.1) is 11.3 Å². The van der Waals surface area contributed by atoms with Crippen molar-refractivity contribution < 1.29 is 4.74 Å². The fraction of sp³-hybridized carbons (Fsp3) is 0.538. The second-order valence-electron chi connectivity index (χ2n) is 4.83. The molecule has 1 saturated heterocycles. The molecule has 1 aliphatic heterocycles. The highest BCUT2D eigenvalue weighted by Crippen LogP contribution is 2.28. The molecule has 0 aromatic carbocycles. The van der Waals surface area contributed by atoms with Gasteiger partial charge in [-0.1, -0.05) is 11.6 Å². The maximum Gasteiger partial charge on any atom is 0.132 e. The zero-order valence-electron chi connectivity index (χ0n) is 10.6. The molecular weight excluding hydrogens is 250 g/mol. The van der Waals surface area contributed by atoms with Gasteiger partial charge in [0.05, 0.1) is 17.2 Å². The smallest absolute Gasteiger partial charge is 0.132 e. The van der Waals surface area contributed by atoms with E-state index in [4.69, 9.17) is 21.6 Å². The van der Waals surface area contributed by atoms with Crippen LogP contribution in [0.3, 0.4) is 0 Å². The van der Waals surface area contributed by atoms with Gasteiger partial charge in [0.25, 0.3) is 0 Å². The highest BCUT2D eigenvalue weighted by atomic mass is 35.5. The van der Waals surface area contributed by atoms with Crippen molar-refractivity contribution in [2.75, 3.05) is 25.1 Å². The van der Waals surface area contributed by atoms with Crippen LogP contribution >= 0.6 is 11.6 Å². The van der Waals surface area contributed by atoms with Gasteiger partial charge in [0, 0.05) is 20.2 Å². The largest absolute Gasteiger partial charge is 0.377 e. The minimum atomic E-state index is -0.158. The van der Waals surface area contributed by atoms with Crippen molar-refractivity contribution in [1.29, 1.82) is 5.26 Å². The van der Waals surface area contributed by atoms with Crippen LogP contribution in [0.5, 0.6) is 0 Å². The molecule has 0 radical (unpaired) electrons. The number of piperidine rings is 1. The Morgan fingerprint density at radius 2 is 2.33 bits per heavy atom. The van der Waals surface area contributed by atoms with Gasteiger partial charge in [0.1, 0.15) is 11.0 Å². The Kier molecular flexibility index (Phi) is 3.74. The molecule has 4 nitrogen and oxygen atoms in total. The summed E-state index contributed by atoms with van der Waals surface area (Å²) in [4.78, 5) is 6.41. The van der Waals surface area contributed by atoms with Crippen molar-refractivity contribution in [2.24, 2.45) is 0 Å². The molecule has 0 spiro atoms. The minimum Gasteiger partial charge on any atom is -0.377 e. The Bertz CT molecular complexity index is 486. The molecule has 1 aromatic heterocycles. The van der Waals surface area contributed by atoms with Crippen LogP contribution in [0.4, 0.5) is 5.82 Å². The van der Waals surface area contributed by atoms with Crippen molar-refractivity contribution >= 4 is 17.4 Å². The van der Waals surface area contributed by atoms with E-state index in [9.17, 15) is 0 Å². The Morgan fingerprint density at radius 3 is 3.00 bits per heavy atom. The first-order valence-corrected chi connectivity index (χ1v) is 6.32. The van der Waals surface area contributed by atoms with Gasteiger partial charge in [-0.05, 0) is 31.9 Å². The molecule has 5 heteroatoms. The van der Waals surface area contributed by atoms with Gasteiger partial charge >= 0.3 is 0 Å². The number of aromatic nitrogens is 1. The number of hydrogen-bond donors (Lipinski definition) is 0. The Morgan fingerprint density at radius 1 is 1.56 bits per heavy atom. The summed E-state index contributed by atoms with van der Waals surface area (Å²) >= 11 is 5.93. The topological polar surface area (TPSA) is 49.1 Å². The van der Waals surface area contributed by atoms with E-state index in [0.717, 1.165) is 31.7 Å². The zero-order chi connectivity index (χ0) is 13.2. The van der Waals surface area contributed by atoms with Crippen molar-refractivity contribution in [3.63, 3.8) is 0 Å². The summed E-state index contributed by atoms with van der Waals surface area (Å²) in [5.74, 6) is 0.752. The number of nitrogens with zero attached hydrogens (tertiary/aromatic N) is 3. The summed E-state index contributed by atoms with van der Waals surface area (Å²) in [6.45, 7) is 3.77. The third-order valence-corrected chi connectivity index (χ3v) is 3.58. The molecular formula is C13H16ClN3O. The van der Waals surface area contributed by atoms with Gasteiger partial charge in [0.2, 0.25) is 0 Å². The van der Waals surface area contributed by atoms with Crippen molar-refractivity contribution in [1.82, 2.24) is 4.98 Å².